The van der Waals surface area contributed by atoms with Crippen molar-refractivity contribution in [2.45, 2.75) is 12.5 Å². The maximum atomic E-state index is 11.7. The highest BCUT2D eigenvalue weighted by atomic mass is 35.5. The van der Waals surface area contributed by atoms with E-state index in [2.05, 4.69) is 6.07 Å². The van der Waals surface area contributed by atoms with Crippen molar-refractivity contribution in [2.75, 3.05) is 27.3 Å². The molecule has 1 aromatic rings. The quantitative estimate of drug-likeness (QED) is 0.849. The molecule has 0 spiro atoms. The van der Waals surface area contributed by atoms with Crippen molar-refractivity contribution >= 4 is 29.7 Å². The van der Waals surface area contributed by atoms with E-state index in [9.17, 15) is 4.79 Å². The van der Waals surface area contributed by atoms with Gasteiger partial charge in [0.05, 0.1) is 6.61 Å². The average molecular weight is 279 g/mol. The Morgan fingerprint density at radius 1 is 1.65 bits per heavy atom. The molecule has 1 rings (SSSR count). The fraction of sp³-hybridized carbons (Fsp3) is 0.545. The second-order valence-electron chi connectivity index (χ2n) is 3.65. The first-order valence-corrected chi connectivity index (χ1v) is 6.05. The topological polar surface area (TPSA) is 55.6 Å². The van der Waals surface area contributed by atoms with Crippen LogP contribution in [0.3, 0.4) is 0 Å². The van der Waals surface area contributed by atoms with Gasteiger partial charge in [-0.3, -0.25) is 4.79 Å². The minimum absolute atomic E-state index is 0. The largest absolute Gasteiger partial charge is 0.383 e. The van der Waals surface area contributed by atoms with E-state index >= 15 is 0 Å². The summed E-state index contributed by atoms with van der Waals surface area (Å²) in [5.41, 5.74) is 5.66. The van der Waals surface area contributed by atoms with Gasteiger partial charge in [0.25, 0.3) is 0 Å². The van der Waals surface area contributed by atoms with E-state index in [1.165, 1.54) is 4.88 Å². The fourth-order valence-corrected chi connectivity index (χ4v) is 2.08. The van der Waals surface area contributed by atoms with Crippen LogP contribution >= 0.6 is 23.7 Å². The number of nitrogens with two attached hydrogens (primary N) is 1. The third-order valence-corrected chi connectivity index (χ3v) is 3.25. The molecular formula is C11H19ClN2O2S. The number of hydrogen-bond acceptors (Lipinski definition) is 4. The second kappa shape index (κ2) is 8.47. The number of hydrogen-bond donors (Lipinski definition) is 1. The van der Waals surface area contributed by atoms with Crippen molar-refractivity contribution in [2.24, 2.45) is 5.73 Å². The summed E-state index contributed by atoms with van der Waals surface area (Å²) in [6.07, 6.45) is 0.875. The molecule has 0 aromatic carbocycles. The number of methoxy groups -OCH3 is 1. The van der Waals surface area contributed by atoms with Gasteiger partial charge in [0, 0.05) is 25.6 Å². The van der Waals surface area contributed by atoms with E-state index in [1.54, 1.807) is 30.4 Å². The first-order valence-electron chi connectivity index (χ1n) is 5.17. The van der Waals surface area contributed by atoms with Crippen LogP contribution in [-0.2, 0) is 16.0 Å². The van der Waals surface area contributed by atoms with Gasteiger partial charge in [0.1, 0.15) is 6.04 Å². The highest BCUT2D eigenvalue weighted by Gasteiger charge is 2.17. The molecule has 98 valence electrons. The monoisotopic (exact) mass is 278 g/mol. The van der Waals surface area contributed by atoms with Crippen LogP contribution in [0.2, 0.25) is 0 Å². The molecule has 0 aliphatic heterocycles. The number of rotatable bonds is 6. The van der Waals surface area contributed by atoms with Gasteiger partial charge in [0.15, 0.2) is 0 Å². The van der Waals surface area contributed by atoms with Gasteiger partial charge < -0.3 is 15.4 Å². The number of carbonyl (C=O) groups excluding carboxylic acids is 1. The normalized spacial score (nSPS) is 11.7. The molecule has 4 nitrogen and oxygen atoms in total. The molecule has 1 amide bonds. The smallest absolute Gasteiger partial charge is 0.241 e. The summed E-state index contributed by atoms with van der Waals surface area (Å²) in [5.74, 6) is -0.0709. The van der Waals surface area contributed by atoms with Crippen LogP contribution < -0.4 is 5.73 Å². The Morgan fingerprint density at radius 3 is 2.88 bits per heavy atom. The Morgan fingerprint density at radius 2 is 2.35 bits per heavy atom. The highest BCUT2D eigenvalue weighted by Crippen LogP contribution is 2.09. The van der Waals surface area contributed by atoms with E-state index < -0.39 is 6.04 Å². The third kappa shape index (κ3) is 5.50. The number of nitrogens with zero attached hydrogens (tertiary/aromatic N) is 1. The van der Waals surface area contributed by atoms with Crippen molar-refractivity contribution in [3.63, 3.8) is 0 Å². The Kier molecular flexibility index (Phi) is 8.16. The minimum Gasteiger partial charge on any atom is -0.383 e. The van der Waals surface area contributed by atoms with Gasteiger partial charge in [0.2, 0.25) is 5.91 Å². The average Bonchev–Trinajstić information content (AvgIpc) is 2.78. The summed E-state index contributed by atoms with van der Waals surface area (Å²) in [5, 5.41) is 2.04. The Bertz CT molecular complexity index is 319. The van der Waals surface area contributed by atoms with Crippen molar-refractivity contribution in [3.05, 3.63) is 22.4 Å². The predicted molar refractivity (Wildman–Crippen MR) is 72.8 cm³/mol. The van der Waals surface area contributed by atoms with Crippen LogP contribution in [0.1, 0.15) is 4.88 Å². The second-order valence-corrected chi connectivity index (χ2v) is 4.68. The van der Waals surface area contributed by atoms with E-state index in [0.717, 1.165) is 6.42 Å². The van der Waals surface area contributed by atoms with Crippen LogP contribution in [0.25, 0.3) is 0 Å². The summed E-state index contributed by atoms with van der Waals surface area (Å²) in [6, 6.07) is 3.52. The number of ether oxygens (including phenoxy) is 1. The van der Waals surface area contributed by atoms with E-state index in [4.69, 9.17) is 10.5 Å². The van der Waals surface area contributed by atoms with Crippen LogP contribution in [0, 0.1) is 0 Å². The zero-order chi connectivity index (χ0) is 12.0. The summed E-state index contributed by atoms with van der Waals surface area (Å²) < 4.78 is 4.85. The highest BCUT2D eigenvalue weighted by molar-refractivity contribution is 7.09. The zero-order valence-corrected chi connectivity index (χ0v) is 11.7. The zero-order valence-electron chi connectivity index (χ0n) is 10.1. The lowest BCUT2D eigenvalue weighted by Crippen LogP contribution is -2.44. The SMILES string of the molecule is COCC(N)C(=O)N(C)CCc1cccs1.Cl. The Labute approximate surface area is 112 Å². The van der Waals surface area contributed by atoms with Crippen molar-refractivity contribution in [1.82, 2.24) is 4.90 Å². The molecule has 0 saturated carbocycles. The molecule has 1 heterocycles. The molecule has 2 N–H and O–H groups in total. The van der Waals surface area contributed by atoms with Crippen LogP contribution in [-0.4, -0.2) is 44.2 Å². The standard InChI is InChI=1S/C11H18N2O2S.ClH/c1-13(11(14)10(12)8-15-2)6-5-9-4-3-7-16-9;/h3-4,7,10H,5-6,8,12H2,1-2H3;1H. The van der Waals surface area contributed by atoms with Crippen molar-refractivity contribution in [3.8, 4) is 0 Å². The lowest BCUT2D eigenvalue weighted by atomic mass is 10.2. The number of halogens is 1. The summed E-state index contributed by atoms with van der Waals surface area (Å²) in [4.78, 5) is 14.7. The van der Waals surface area contributed by atoms with Crippen molar-refractivity contribution < 1.29 is 9.53 Å². The predicted octanol–water partition coefficient (Wildman–Crippen LogP) is 1.14. The fourth-order valence-electron chi connectivity index (χ4n) is 1.38. The lowest BCUT2D eigenvalue weighted by Gasteiger charge is -2.20. The molecule has 6 heteroatoms. The third-order valence-electron chi connectivity index (χ3n) is 2.31. The molecule has 0 bridgehead atoms. The summed E-state index contributed by atoms with van der Waals surface area (Å²) >= 11 is 1.70. The molecule has 1 unspecified atom stereocenters. The summed E-state index contributed by atoms with van der Waals surface area (Å²) in [6.45, 7) is 0.957. The first kappa shape index (κ1) is 16.4. The first-order chi connectivity index (χ1) is 7.65. The molecule has 0 aliphatic carbocycles. The molecule has 0 fully saturated rings. The molecule has 0 saturated heterocycles. The van der Waals surface area contributed by atoms with Gasteiger partial charge in [-0.25, -0.2) is 0 Å². The van der Waals surface area contributed by atoms with Crippen LogP contribution in [0.5, 0.6) is 0 Å². The Balaban J connectivity index is 0.00000256. The Hall–Kier alpha value is -0.620. The van der Waals surface area contributed by atoms with E-state index in [-0.39, 0.29) is 24.9 Å². The van der Waals surface area contributed by atoms with E-state index in [0.29, 0.717) is 6.54 Å². The number of amides is 1. The molecule has 0 radical (unpaired) electrons. The number of likely N-dealkylation sites (N-methyl/N-ethyl adjacent to an activating group) is 1. The molecule has 0 aliphatic rings. The lowest BCUT2D eigenvalue weighted by molar-refractivity contribution is -0.132. The van der Waals surface area contributed by atoms with Gasteiger partial charge in [-0.15, -0.1) is 23.7 Å². The van der Waals surface area contributed by atoms with E-state index in [1.807, 2.05) is 11.4 Å². The van der Waals surface area contributed by atoms with Crippen LogP contribution in [0.4, 0.5) is 0 Å². The molecule has 1 atom stereocenters. The number of carbonyl (C=O) groups is 1. The van der Waals surface area contributed by atoms with Crippen molar-refractivity contribution in [1.29, 1.82) is 0 Å². The van der Waals surface area contributed by atoms with Crippen LogP contribution in [0.15, 0.2) is 17.5 Å². The maximum Gasteiger partial charge on any atom is 0.241 e. The molecular weight excluding hydrogens is 260 g/mol. The molecule has 1 aromatic heterocycles. The van der Waals surface area contributed by atoms with Gasteiger partial charge in [-0.05, 0) is 17.9 Å². The number of thiophene rings is 1. The minimum atomic E-state index is -0.557. The molecule has 17 heavy (non-hydrogen) atoms. The van der Waals surface area contributed by atoms with Gasteiger partial charge >= 0.3 is 0 Å². The summed E-state index contributed by atoms with van der Waals surface area (Å²) in [7, 11) is 3.31. The van der Waals surface area contributed by atoms with Gasteiger partial charge in [-0.2, -0.15) is 0 Å². The van der Waals surface area contributed by atoms with Gasteiger partial charge in [-0.1, -0.05) is 6.07 Å². The maximum absolute atomic E-state index is 11.7.